The minimum atomic E-state index is -1.06. The molecule has 0 saturated carbocycles. The minimum Gasteiger partial charge on any atom is -0.480 e. The molecule has 6 heteroatoms. The molecule has 0 amide bonds. The minimum absolute atomic E-state index is 0.322. The number of carboxylic acid groups (broad SMARTS) is 1. The van der Waals surface area contributed by atoms with Crippen LogP contribution in [-0.2, 0) is 4.79 Å². The van der Waals surface area contributed by atoms with Crippen LogP contribution in [0.3, 0.4) is 0 Å². The number of hydrogen-bond donors (Lipinski definition) is 1. The fraction of sp³-hybridized carbons (Fsp3) is 0.188. The predicted molar refractivity (Wildman–Crippen MR) is 86.4 cm³/mol. The van der Waals surface area contributed by atoms with Crippen LogP contribution >= 0.6 is 11.3 Å². The van der Waals surface area contributed by atoms with Crippen LogP contribution in [0.25, 0.3) is 21.3 Å². The summed E-state index contributed by atoms with van der Waals surface area (Å²) in [5.41, 5.74) is 2.54. The monoisotopic (exact) mass is 314 g/mol. The second-order valence-corrected chi connectivity index (χ2v) is 6.02. The number of thiophene rings is 1. The van der Waals surface area contributed by atoms with Gasteiger partial charge < -0.3 is 5.11 Å². The number of nitrogens with zero attached hydrogens (tertiary/aromatic N) is 2. The highest BCUT2D eigenvalue weighted by molar-refractivity contribution is 7.17. The Morgan fingerprint density at radius 2 is 2.00 bits per heavy atom. The topological polar surface area (TPSA) is 72.2 Å². The number of aromatic nitrogens is 2. The van der Waals surface area contributed by atoms with Crippen molar-refractivity contribution in [2.24, 2.45) is 0 Å². The Balaban J connectivity index is 2.25. The summed E-state index contributed by atoms with van der Waals surface area (Å²) in [7, 11) is 0. The maximum Gasteiger partial charge on any atom is 0.326 e. The van der Waals surface area contributed by atoms with Crippen LogP contribution in [0.15, 0.2) is 40.8 Å². The Kier molecular flexibility index (Phi) is 3.54. The van der Waals surface area contributed by atoms with Gasteiger partial charge in [-0.05, 0) is 19.4 Å². The van der Waals surface area contributed by atoms with Crippen LogP contribution in [-0.4, -0.2) is 20.6 Å². The number of aryl methyl sites for hydroxylation is 1. The van der Waals surface area contributed by atoms with Crippen LogP contribution < -0.4 is 5.56 Å². The molecule has 2 heterocycles. The fourth-order valence-corrected chi connectivity index (χ4v) is 3.19. The number of benzene rings is 1. The Bertz CT molecular complexity index is 909. The third-order valence-electron chi connectivity index (χ3n) is 3.66. The van der Waals surface area contributed by atoms with Gasteiger partial charge in [0, 0.05) is 10.9 Å². The van der Waals surface area contributed by atoms with Crippen LogP contribution in [0.5, 0.6) is 0 Å². The zero-order valence-corrected chi connectivity index (χ0v) is 12.9. The molecule has 1 unspecified atom stereocenters. The smallest absolute Gasteiger partial charge is 0.326 e. The standard InChI is InChI=1S/C16H14N2O3S/c1-9-3-5-11(6-4-9)12-7-22-14-13(12)15(19)18(8-17-14)10(2)16(20)21/h3-8,10H,1-2H3,(H,20,21). The second-order valence-electron chi connectivity index (χ2n) is 5.17. The Morgan fingerprint density at radius 3 is 2.64 bits per heavy atom. The van der Waals surface area contributed by atoms with E-state index in [9.17, 15) is 9.59 Å². The van der Waals surface area contributed by atoms with Gasteiger partial charge in [0.15, 0.2) is 0 Å². The van der Waals surface area contributed by atoms with Gasteiger partial charge in [-0.1, -0.05) is 29.8 Å². The van der Waals surface area contributed by atoms with E-state index < -0.39 is 12.0 Å². The molecule has 5 nitrogen and oxygen atoms in total. The summed E-state index contributed by atoms with van der Waals surface area (Å²) in [5.74, 6) is -1.06. The van der Waals surface area contributed by atoms with Crippen molar-refractivity contribution in [1.29, 1.82) is 0 Å². The molecule has 1 N–H and O–H groups in total. The molecule has 3 rings (SSSR count). The molecule has 1 aromatic carbocycles. The first-order chi connectivity index (χ1) is 10.5. The van der Waals surface area contributed by atoms with Crippen molar-refractivity contribution in [2.45, 2.75) is 19.9 Å². The Morgan fingerprint density at radius 1 is 1.32 bits per heavy atom. The van der Waals surface area contributed by atoms with Gasteiger partial charge in [0.05, 0.1) is 11.7 Å². The second kappa shape index (κ2) is 5.38. The molecule has 2 aromatic heterocycles. The van der Waals surface area contributed by atoms with Crippen molar-refractivity contribution in [2.75, 3.05) is 0 Å². The van der Waals surface area contributed by atoms with Gasteiger partial charge >= 0.3 is 5.97 Å². The van der Waals surface area contributed by atoms with Gasteiger partial charge in [-0.2, -0.15) is 0 Å². The Labute approximate surface area is 130 Å². The first-order valence-electron chi connectivity index (χ1n) is 6.77. The normalized spacial score (nSPS) is 12.5. The van der Waals surface area contributed by atoms with Crippen molar-refractivity contribution >= 4 is 27.5 Å². The van der Waals surface area contributed by atoms with Crippen molar-refractivity contribution in [3.63, 3.8) is 0 Å². The first kappa shape index (κ1) is 14.5. The third kappa shape index (κ3) is 2.31. The van der Waals surface area contributed by atoms with Gasteiger partial charge in [0.2, 0.25) is 0 Å². The third-order valence-corrected chi connectivity index (χ3v) is 4.54. The van der Waals surface area contributed by atoms with E-state index in [1.807, 2.05) is 36.6 Å². The summed E-state index contributed by atoms with van der Waals surface area (Å²) in [5, 5.41) is 11.5. The molecule has 1 atom stereocenters. The fourth-order valence-electron chi connectivity index (χ4n) is 2.29. The highest BCUT2D eigenvalue weighted by Crippen LogP contribution is 2.30. The SMILES string of the molecule is Cc1ccc(-c2csc3ncn(C(C)C(=O)O)c(=O)c23)cc1. The van der Waals surface area contributed by atoms with Crippen molar-refractivity contribution < 1.29 is 9.90 Å². The highest BCUT2D eigenvalue weighted by Gasteiger charge is 2.19. The van der Waals surface area contributed by atoms with Crippen LogP contribution in [0, 0.1) is 6.92 Å². The molecule has 3 aromatic rings. The van der Waals surface area contributed by atoms with E-state index in [-0.39, 0.29) is 5.56 Å². The van der Waals surface area contributed by atoms with E-state index in [4.69, 9.17) is 5.11 Å². The number of carboxylic acids is 1. The molecule has 0 aliphatic carbocycles. The van der Waals surface area contributed by atoms with Crippen molar-refractivity contribution in [3.05, 3.63) is 51.9 Å². The average Bonchev–Trinajstić information content (AvgIpc) is 2.92. The number of fused-ring (bicyclic) bond motifs is 1. The van der Waals surface area contributed by atoms with Crippen molar-refractivity contribution in [3.8, 4) is 11.1 Å². The van der Waals surface area contributed by atoms with E-state index >= 15 is 0 Å². The van der Waals surface area contributed by atoms with Crippen LogP contribution in [0.1, 0.15) is 18.5 Å². The summed E-state index contributed by atoms with van der Waals surface area (Å²) in [6.45, 7) is 3.47. The molecular formula is C16H14N2O3S. The average molecular weight is 314 g/mol. The van der Waals surface area contributed by atoms with Gasteiger partial charge in [0.1, 0.15) is 10.9 Å². The lowest BCUT2D eigenvalue weighted by Crippen LogP contribution is -2.28. The summed E-state index contributed by atoms with van der Waals surface area (Å²) in [6, 6.07) is 6.92. The molecule has 0 aliphatic heterocycles. The summed E-state index contributed by atoms with van der Waals surface area (Å²) < 4.78 is 1.16. The van der Waals surface area contributed by atoms with E-state index in [2.05, 4.69) is 4.98 Å². The zero-order chi connectivity index (χ0) is 15.9. The number of rotatable bonds is 3. The maximum absolute atomic E-state index is 12.7. The molecule has 0 aliphatic rings. The van der Waals surface area contributed by atoms with Crippen molar-refractivity contribution in [1.82, 2.24) is 9.55 Å². The lowest BCUT2D eigenvalue weighted by molar-refractivity contribution is -0.140. The number of hydrogen-bond acceptors (Lipinski definition) is 4. The lowest BCUT2D eigenvalue weighted by atomic mass is 10.1. The largest absolute Gasteiger partial charge is 0.480 e. The van der Waals surface area contributed by atoms with Gasteiger partial charge in [-0.3, -0.25) is 9.36 Å². The molecule has 0 fully saturated rings. The number of carbonyl (C=O) groups is 1. The molecule has 0 radical (unpaired) electrons. The quantitative estimate of drug-likeness (QED) is 0.806. The highest BCUT2D eigenvalue weighted by atomic mass is 32.1. The molecule has 22 heavy (non-hydrogen) atoms. The molecule has 0 bridgehead atoms. The molecule has 112 valence electrons. The Hall–Kier alpha value is -2.47. The van der Waals surface area contributed by atoms with E-state index in [0.717, 1.165) is 21.3 Å². The zero-order valence-electron chi connectivity index (χ0n) is 12.1. The van der Waals surface area contributed by atoms with Crippen LogP contribution in [0.2, 0.25) is 0 Å². The molecule has 0 spiro atoms. The predicted octanol–water partition coefficient (Wildman–Crippen LogP) is 3.08. The van der Waals surface area contributed by atoms with E-state index in [1.54, 1.807) is 0 Å². The van der Waals surface area contributed by atoms with Gasteiger partial charge in [0.25, 0.3) is 5.56 Å². The van der Waals surface area contributed by atoms with E-state index in [1.165, 1.54) is 24.6 Å². The molecule has 0 saturated heterocycles. The molecular weight excluding hydrogens is 300 g/mol. The van der Waals surface area contributed by atoms with Gasteiger partial charge in [-0.25, -0.2) is 9.78 Å². The summed E-state index contributed by atoms with van der Waals surface area (Å²) in [4.78, 5) is 28.6. The van der Waals surface area contributed by atoms with Gasteiger partial charge in [-0.15, -0.1) is 11.3 Å². The van der Waals surface area contributed by atoms with E-state index in [0.29, 0.717) is 10.2 Å². The lowest BCUT2D eigenvalue weighted by Gasteiger charge is -2.10. The summed E-state index contributed by atoms with van der Waals surface area (Å²) >= 11 is 1.38. The first-order valence-corrected chi connectivity index (χ1v) is 7.65. The summed E-state index contributed by atoms with van der Waals surface area (Å²) in [6.07, 6.45) is 1.30. The van der Waals surface area contributed by atoms with Crippen LogP contribution in [0.4, 0.5) is 0 Å². The number of aliphatic carboxylic acids is 1. The maximum atomic E-state index is 12.7.